The van der Waals surface area contributed by atoms with Gasteiger partial charge in [0.15, 0.2) is 5.82 Å². The minimum atomic E-state index is -5.08. The van der Waals surface area contributed by atoms with Gasteiger partial charge in [0, 0.05) is 36.3 Å². The van der Waals surface area contributed by atoms with Crippen LogP contribution in [0.25, 0.3) is 22.3 Å². The summed E-state index contributed by atoms with van der Waals surface area (Å²) in [4.78, 5) is 26.2. The molecule has 0 spiro atoms. The summed E-state index contributed by atoms with van der Waals surface area (Å²) in [5.41, 5.74) is 4.58. The number of nitrogens with one attached hydrogen (secondary N) is 2. The molecule has 0 saturated heterocycles. The van der Waals surface area contributed by atoms with E-state index in [-0.39, 0.29) is 5.91 Å². The van der Waals surface area contributed by atoms with Gasteiger partial charge in [0.25, 0.3) is 5.91 Å². The van der Waals surface area contributed by atoms with Crippen molar-refractivity contribution in [1.29, 1.82) is 0 Å². The number of hydrogen-bond acceptors (Lipinski definition) is 7. The van der Waals surface area contributed by atoms with Gasteiger partial charge in [-0.2, -0.15) is 27.7 Å². The molecule has 0 atom stereocenters. The van der Waals surface area contributed by atoms with Gasteiger partial charge in [-0.15, -0.1) is 0 Å². The number of halogens is 4. The monoisotopic (exact) mass is 577 g/mol. The molecule has 0 unspecified atom stereocenters. The lowest BCUT2D eigenvalue weighted by atomic mass is 10.1. The molecule has 0 aliphatic heterocycles. The number of nitrogens with zero attached hydrogens (tertiary/aromatic N) is 5. The highest BCUT2D eigenvalue weighted by Gasteiger charge is 2.38. The Morgan fingerprint density at radius 3 is 2.64 bits per heavy atom. The van der Waals surface area contributed by atoms with E-state index >= 15 is 0 Å². The Morgan fingerprint density at radius 2 is 1.97 bits per heavy atom. The molecule has 0 aliphatic rings. The molecule has 0 saturated carbocycles. The molecule has 15 heteroatoms. The fourth-order valence-electron chi connectivity index (χ4n) is 3.53. The quantitative estimate of drug-likeness (QED) is 0.259. The van der Waals surface area contributed by atoms with Crippen molar-refractivity contribution in [2.24, 2.45) is 7.05 Å². The van der Waals surface area contributed by atoms with Gasteiger partial charge in [-0.05, 0) is 42.2 Å². The van der Waals surface area contributed by atoms with Crippen LogP contribution in [-0.2, 0) is 18.3 Å². The molecule has 3 N–H and O–H groups in total. The summed E-state index contributed by atoms with van der Waals surface area (Å²) in [7, 11) is 1.79. The second-order valence-electron chi connectivity index (χ2n) is 8.20. The third-order valence-electron chi connectivity index (χ3n) is 5.33. The van der Waals surface area contributed by atoms with Crippen LogP contribution < -0.4 is 5.32 Å². The lowest BCUT2D eigenvalue weighted by Gasteiger charge is -2.05. The molecule has 10 nitrogen and oxygen atoms in total. The van der Waals surface area contributed by atoms with Crippen molar-refractivity contribution < 1.29 is 27.9 Å². The van der Waals surface area contributed by atoms with Crippen molar-refractivity contribution in [1.82, 2.24) is 29.3 Å². The van der Waals surface area contributed by atoms with E-state index in [0.29, 0.717) is 34.2 Å². The zero-order chi connectivity index (χ0) is 28.3. The SMILES string of the molecule is Cc1nn(C)cc1C(=O)Nc1cccc(-c2nsc(Cc3ccc4[nH]ncc4c3Cl)n2)c1.O=C(O)C(F)(F)F. The number of amides is 1. The summed E-state index contributed by atoms with van der Waals surface area (Å²) in [6.07, 6.45) is -1.08. The molecule has 39 heavy (non-hydrogen) atoms. The summed E-state index contributed by atoms with van der Waals surface area (Å²) >= 11 is 7.87. The molecule has 1 amide bonds. The van der Waals surface area contributed by atoms with Gasteiger partial charge < -0.3 is 10.4 Å². The predicted octanol–water partition coefficient (Wildman–Crippen LogP) is 5.25. The second kappa shape index (κ2) is 11.2. The van der Waals surface area contributed by atoms with Crippen molar-refractivity contribution in [2.75, 3.05) is 5.32 Å². The standard InChI is InChI=1S/C22H18ClN7OS.C2HF3O2/c1-12-17(11-30(2)28-12)22(31)25-15-5-3-4-14(8-15)21-26-19(32-29-21)9-13-6-7-18-16(20(13)23)10-24-27-18;3-2(4,5)1(6)7/h3-8,10-11H,9H2,1-2H3,(H,24,27)(H,25,31);(H,6,7). The molecule has 0 bridgehead atoms. The lowest BCUT2D eigenvalue weighted by molar-refractivity contribution is -0.192. The number of aromatic amines is 1. The Labute approximate surface area is 227 Å². The number of aromatic nitrogens is 6. The van der Waals surface area contributed by atoms with Crippen LogP contribution in [0.5, 0.6) is 0 Å². The number of carboxylic acids is 1. The molecule has 0 aliphatic carbocycles. The zero-order valence-corrected chi connectivity index (χ0v) is 21.8. The number of hydrogen-bond donors (Lipinski definition) is 3. The Morgan fingerprint density at radius 1 is 1.23 bits per heavy atom. The maximum Gasteiger partial charge on any atom is 0.490 e. The fraction of sp³-hybridized carbons (Fsp3) is 0.167. The van der Waals surface area contributed by atoms with Crippen LogP contribution in [0.4, 0.5) is 18.9 Å². The highest BCUT2D eigenvalue weighted by molar-refractivity contribution is 7.05. The summed E-state index contributed by atoms with van der Waals surface area (Å²) in [6.45, 7) is 1.81. The number of aryl methyl sites for hydroxylation is 2. The average Bonchev–Trinajstić information content (AvgIpc) is 3.61. The number of H-pyrrole nitrogens is 1. The van der Waals surface area contributed by atoms with Crippen molar-refractivity contribution in [2.45, 2.75) is 19.5 Å². The van der Waals surface area contributed by atoms with Crippen LogP contribution in [0.3, 0.4) is 0 Å². The van der Waals surface area contributed by atoms with E-state index in [2.05, 4.69) is 30.0 Å². The first-order valence-electron chi connectivity index (χ1n) is 11.1. The lowest BCUT2D eigenvalue weighted by Crippen LogP contribution is -2.21. The summed E-state index contributed by atoms with van der Waals surface area (Å²) < 4.78 is 37.9. The van der Waals surface area contributed by atoms with Crippen LogP contribution in [-0.4, -0.2) is 52.5 Å². The summed E-state index contributed by atoms with van der Waals surface area (Å²) in [6, 6.07) is 11.4. The highest BCUT2D eigenvalue weighted by atomic mass is 35.5. The Bertz CT molecular complexity index is 1660. The first-order valence-corrected chi connectivity index (χ1v) is 12.2. The van der Waals surface area contributed by atoms with Crippen LogP contribution in [0.15, 0.2) is 48.8 Å². The van der Waals surface area contributed by atoms with E-state index in [9.17, 15) is 18.0 Å². The van der Waals surface area contributed by atoms with Crippen LogP contribution in [0.1, 0.15) is 26.6 Å². The van der Waals surface area contributed by atoms with E-state index in [4.69, 9.17) is 21.5 Å². The van der Waals surface area contributed by atoms with Crippen molar-refractivity contribution in [3.8, 4) is 11.4 Å². The largest absolute Gasteiger partial charge is 0.490 e. The normalized spacial score (nSPS) is 11.2. The van der Waals surface area contributed by atoms with Gasteiger partial charge >= 0.3 is 12.1 Å². The van der Waals surface area contributed by atoms with Gasteiger partial charge in [-0.3, -0.25) is 14.6 Å². The Balaban J connectivity index is 0.000000448. The number of carbonyl (C=O) groups excluding carboxylic acids is 1. The van der Waals surface area contributed by atoms with E-state index < -0.39 is 12.1 Å². The number of aliphatic carboxylic acids is 1. The maximum absolute atomic E-state index is 12.6. The first-order chi connectivity index (χ1) is 18.4. The van der Waals surface area contributed by atoms with Gasteiger partial charge in [-0.1, -0.05) is 29.8 Å². The summed E-state index contributed by atoms with van der Waals surface area (Å²) in [5.74, 6) is -2.35. The highest BCUT2D eigenvalue weighted by Crippen LogP contribution is 2.29. The second-order valence-corrected chi connectivity index (χ2v) is 9.41. The number of alkyl halides is 3. The van der Waals surface area contributed by atoms with E-state index in [1.807, 2.05) is 43.3 Å². The molecule has 5 rings (SSSR count). The third-order valence-corrected chi connectivity index (χ3v) is 6.48. The maximum atomic E-state index is 12.6. The number of benzene rings is 2. The number of fused-ring (bicyclic) bond motifs is 1. The van der Waals surface area contributed by atoms with E-state index in [0.717, 1.165) is 27.0 Å². The van der Waals surface area contributed by atoms with Gasteiger partial charge in [0.2, 0.25) is 0 Å². The Hall–Kier alpha value is -4.30. The summed E-state index contributed by atoms with van der Waals surface area (Å²) in [5, 5.41) is 23.6. The molecule has 2 aromatic carbocycles. The van der Waals surface area contributed by atoms with Crippen LogP contribution >= 0.6 is 23.1 Å². The van der Waals surface area contributed by atoms with Crippen molar-refractivity contribution >= 4 is 51.6 Å². The number of carboxylic acid groups (broad SMARTS) is 1. The zero-order valence-electron chi connectivity index (χ0n) is 20.2. The van der Waals surface area contributed by atoms with Crippen LogP contribution in [0.2, 0.25) is 5.02 Å². The molecule has 0 fully saturated rings. The molecular formula is C24H19ClF3N7O3S. The van der Waals surface area contributed by atoms with Gasteiger partial charge in [0.05, 0.1) is 28.0 Å². The molecular weight excluding hydrogens is 559 g/mol. The van der Waals surface area contributed by atoms with Crippen LogP contribution in [0, 0.1) is 6.92 Å². The smallest absolute Gasteiger partial charge is 0.475 e. The topological polar surface area (TPSA) is 139 Å². The van der Waals surface area contributed by atoms with Crippen molar-refractivity contribution in [3.63, 3.8) is 0 Å². The first kappa shape index (κ1) is 27.7. The molecule has 3 aromatic heterocycles. The molecule has 3 heterocycles. The average molecular weight is 578 g/mol. The predicted molar refractivity (Wildman–Crippen MR) is 139 cm³/mol. The molecule has 0 radical (unpaired) electrons. The minimum Gasteiger partial charge on any atom is -0.475 e. The van der Waals surface area contributed by atoms with Gasteiger partial charge in [0.1, 0.15) is 5.01 Å². The van der Waals surface area contributed by atoms with E-state index in [1.165, 1.54) is 11.5 Å². The number of anilines is 1. The minimum absolute atomic E-state index is 0.205. The fourth-order valence-corrected chi connectivity index (χ4v) is 4.49. The van der Waals surface area contributed by atoms with Crippen molar-refractivity contribution in [3.05, 3.63) is 75.6 Å². The van der Waals surface area contributed by atoms with Gasteiger partial charge in [-0.25, -0.2) is 9.78 Å². The molecule has 202 valence electrons. The number of rotatable bonds is 5. The molecule has 5 aromatic rings. The Kier molecular flexibility index (Phi) is 7.97. The number of carbonyl (C=O) groups is 2. The third kappa shape index (κ3) is 6.59. The van der Waals surface area contributed by atoms with E-state index in [1.54, 1.807) is 24.1 Å².